The second kappa shape index (κ2) is 4.45. The summed E-state index contributed by atoms with van der Waals surface area (Å²) in [6.45, 7) is 4.00. The van der Waals surface area contributed by atoms with Crippen molar-refractivity contribution in [2.75, 3.05) is 0 Å². The lowest BCUT2D eigenvalue weighted by atomic mass is 10.2. The van der Waals surface area contributed by atoms with Gasteiger partial charge in [0, 0.05) is 11.6 Å². The number of hydrogen-bond acceptors (Lipinski definition) is 1. The predicted molar refractivity (Wildman–Crippen MR) is 55.9 cm³/mol. The molecule has 0 saturated carbocycles. The molecule has 0 saturated heterocycles. The number of pyridine rings is 1. The first kappa shape index (κ1) is 9.52. The van der Waals surface area contributed by atoms with Crippen molar-refractivity contribution in [2.24, 2.45) is 0 Å². The van der Waals surface area contributed by atoms with E-state index >= 15 is 0 Å². The van der Waals surface area contributed by atoms with Crippen LogP contribution in [0, 0.1) is 0 Å². The second-order valence-electron chi connectivity index (χ2n) is 2.41. The largest absolute Gasteiger partial charge is 0.322 e. The van der Waals surface area contributed by atoms with Crippen LogP contribution in [-0.2, 0) is 0 Å². The van der Waals surface area contributed by atoms with E-state index in [1.54, 1.807) is 0 Å². The van der Waals surface area contributed by atoms with Gasteiger partial charge in [0.25, 0.3) is 0 Å². The van der Waals surface area contributed by atoms with Gasteiger partial charge in [-0.25, -0.2) is 0 Å². The molecule has 0 amide bonds. The molecule has 1 aromatic carbocycles. The summed E-state index contributed by atoms with van der Waals surface area (Å²) in [5.41, 5.74) is 0.837. The van der Waals surface area contributed by atoms with Gasteiger partial charge in [0.15, 0.2) is 0 Å². The molecule has 0 spiro atoms. The minimum absolute atomic E-state index is 0.0521. The Kier molecular flexibility index (Phi) is 3.26. The van der Waals surface area contributed by atoms with Crippen LogP contribution in [0.25, 0.3) is 10.9 Å². The van der Waals surface area contributed by atoms with Crippen LogP contribution >= 0.6 is 0 Å². The summed E-state index contributed by atoms with van der Waals surface area (Å²) in [5, 5.41) is 1.06. The van der Waals surface area contributed by atoms with Gasteiger partial charge in [-0.1, -0.05) is 32.0 Å². The van der Waals surface area contributed by atoms with Gasteiger partial charge in [-0.3, -0.25) is 4.79 Å². The number of H-pyrrole nitrogens is 1. The molecule has 2 heteroatoms. The minimum Gasteiger partial charge on any atom is -0.322 e. The van der Waals surface area contributed by atoms with Gasteiger partial charge in [0.2, 0.25) is 5.56 Å². The summed E-state index contributed by atoms with van der Waals surface area (Å²) in [5.74, 6) is 0. The van der Waals surface area contributed by atoms with E-state index in [1.165, 1.54) is 6.07 Å². The predicted octanol–water partition coefficient (Wildman–Crippen LogP) is 2.55. The maximum Gasteiger partial charge on any atom is 0.248 e. The Balaban J connectivity index is 0.000000396. The highest BCUT2D eigenvalue weighted by Gasteiger charge is 1.89. The van der Waals surface area contributed by atoms with Gasteiger partial charge < -0.3 is 4.98 Å². The quantitative estimate of drug-likeness (QED) is 0.655. The van der Waals surface area contributed by atoms with E-state index in [1.807, 2.05) is 44.2 Å². The van der Waals surface area contributed by atoms with E-state index in [0.29, 0.717) is 0 Å². The van der Waals surface area contributed by atoms with Crippen molar-refractivity contribution in [3.05, 3.63) is 46.8 Å². The SMILES string of the molecule is CC.O=c1ccc2ccccc2[nH]1. The molecule has 2 nitrogen and oxygen atoms in total. The number of rotatable bonds is 0. The number of nitrogens with one attached hydrogen (secondary N) is 1. The minimum atomic E-state index is -0.0521. The zero-order chi connectivity index (χ0) is 9.68. The molecule has 13 heavy (non-hydrogen) atoms. The monoisotopic (exact) mass is 175 g/mol. The molecule has 68 valence electrons. The maximum absolute atomic E-state index is 10.8. The Bertz CT molecular complexity index is 431. The normalized spacial score (nSPS) is 9.08. The summed E-state index contributed by atoms with van der Waals surface area (Å²) < 4.78 is 0. The number of hydrogen-bond donors (Lipinski definition) is 1. The highest BCUT2D eigenvalue weighted by Crippen LogP contribution is 2.06. The zero-order valence-corrected chi connectivity index (χ0v) is 7.87. The third kappa shape index (κ3) is 2.18. The molecule has 0 unspecified atom stereocenters. The van der Waals surface area contributed by atoms with E-state index in [0.717, 1.165) is 10.9 Å². The Morgan fingerprint density at radius 1 is 1.00 bits per heavy atom. The molecule has 2 aromatic rings. The van der Waals surface area contributed by atoms with Gasteiger partial charge in [0.1, 0.15) is 0 Å². The molecule has 0 atom stereocenters. The molecule has 1 aromatic heterocycles. The molecule has 0 radical (unpaired) electrons. The van der Waals surface area contributed by atoms with Gasteiger partial charge in [-0.2, -0.15) is 0 Å². The van der Waals surface area contributed by atoms with Crippen molar-refractivity contribution in [1.29, 1.82) is 0 Å². The van der Waals surface area contributed by atoms with Crippen LogP contribution in [0.4, 0.5) is 0 Å². The van der Waals surface area contributed by atoms with Crippen LogP contribution in [-0.4, -0.2) is 4.98 Å². The van der Waals surface area contributed by atoms with Crippen LogP contribution in [0.15, 0.2) is 41.2 Å². The zero-order valence-electron chi connectivity index (χ0n) is 7.87. The molecule has 0 aliphatic rings. The molecule has 0 bridgehead atoms. The summed E-state index contributed by atoms with van der Waals surface area (Å²) in [4.78, 5) is 13.6. The standard InChI is InChI=1S/C9H7NO.C2H6/c11-9-6-5-7-3-1-2-4-8(7)10-9;1-2/h1-6H,(H,10,11);1-2H3. The molecular formula is C11H13NO. The van der Waals surface area contributed by atoms with E-state index in [2.05, 4.69) is 4.98 Å². The van der Waals surface area contributed by atoms with Crippen molar-refractivity contribution in [3.63, 3.8) is 0 Å². The van der Waals surface area contributed by atoms with E-state index in [-0.39, 0.29) is 5.56 Å². The van der Waals surface area contributed by atoms with Crippen molar-refractivity contribution >= 4 is 10.9 Å². The molecule has 1 heterocycles. The third-order valence-electron chi connectivity index (χ3n) is 1.63. The van der Waals surface area contributed by atoms with Gasteiger partial charge in [-0.05, 0) is 17.5 Å². The Labute approximate surface area is 77.2 Å². The first-order valence-corrected chi connectivity index (χ1v) is 4.44. The van der Waals surface area contributed by atoms with Crippen molar-refractivity contribution in [1.82, 2.24) is 4.98 Å². The molecular weight excluding hydrogens is 162 g/mol. The summed E-state index contributed by atoms with van der Waals surface area (Å²) in [6.07, 6.45) is 0. The van der Waals surface area contributed by atoms with Crippen LogP contribution < -0.4 is 5.56 Å². The number of benzene rings is 1. The Morgan fingerprint density at radius 3 is 2.46 bits per heavy atom. The number of aromatic amines is 1. The van der Waals surface area contributed by atoms with Crippen molar-refractivity contribution in [2.45, 2.75) is 13.8 Å². The number of para-hydroxylation sites is 1. The van der Waals surface area contributed by atoms with Crippen LogP contribution in [0.5, 0.6) is 0 Å². The topological polar surface area (TPSA) is 32.9 Å². The average molecular weight is 175 g/mol. The Morgan fingerprint density at radius 2 is 1.69 bits per heavy atom. The molecule has 0 aliphatic heterocycles. The number of fused-ring (bicyclic) bond motifs is 1. The van der Waals surface area contributed by atoms with Gasteiger partial charge in [0.05, 0.1) is 0 Å². The summed E-state index contributed by atoms with van der Waals surface area (Å²) in [7, 11) is 0. The van der Waals surface area contributed by atoms with Crippen molar-refractivity contribution < 1.29 is 0 Å². The van der Waals surface area contributed by atoms with E-state index in [9.17, 15) is 4.79 Å². The first-order valence-electron chi connectivity index (χ1n) is 4.44. The van der Waals surface area contributed by atoms with Crippen LogP contribution in [0.2, 0.25) is 0 Å². The lowest BCUT2D eigenvalue weighted by molar-refractivity contribution is 1.31. The maximum atomic E-state index is 10.8. The average Bonchev–Trinajstić information content (AvgIpc) is 2.21. The fraction of sp³-hybridized carbons (Fsp3) is 0.182. The smallest absolute Gasteiger partial charge is 0.248 e. The molecule has 0 fully saturated rings. The van der Waals surface area contributed by atoms with Crippen LogP contribution in [0.1, 0.15) is 13.8 Å². The first-order chi connectivity index (χ1) is 6.36. The molecule has 1 N–H and O–H groups in total. The van der Waals surface area contributed by atoms with Gasteiger partial charge >= 0.3 is 0 Å². The Hall–Kier alpha value is -1.57. The second-order valence-corrected chi connectivity index (χ2v) is 2.41. The summed E-state index contributed by atoms with van der Waals surface area (Å²) in [6, 6.07) is 11.0. The lowest BCUT2D eigenvalue weighted by Crippen LogP contribution is -2.01. The fourth-order valence-corrected chi connectivity index (χ4v) is 1.10. The van der Waals surface area contributed by atoms with Gasteiger partial charge in [-0.15, -0.1) is 0 Å². The van der Waals surface area contributed by atoms with E-state index in [4.69, 9.17) is 0 Å². The number of aromatic nitrogens is 1. The highest BCUT2D eigenvalue weighted by molar-refractivity contribution is 5.77. The fourth-order valence-electron chi connectivity index (χ4n) is 1.10. The van der Waals surface area contributed by atoms with Crippen LogP contribution in [0.3, 0.4) is 0 Å². The van der Waals surface area contributed by atoms with E-state index < -0.39 is 0 Å². The third-order valence-corrected chi connectivity index (χ3v) is 1.63. The highest BCUT2D eigenvalue weighted by atomic mass is 16.1. The lowest BCUT2D eigenvalue weighted by Gasteiger charge is -1.93. The van der Waals surface area contributed by atoms with Crippen molar-refractivity contribution in [3.8, 4) is 0 Å². The summed E-state index contributed by atoms with van der Waals surface area (Å²) >= 11 is 0. The molecule has 2 rings (SSSR count). The molecule has 0 aliphatic carbocycles.